The molecule has 0 aromatic heterocycles. The van der Waals surface area contributed by atoms with E-state index in [1.165, 1.54) is 32.1 Å². The van der Waals surface area contributed by atoms with Crippen molar-refractivity contribution in [2.45, 2.75) is 45.6 Å². The van der Waals surface area contributed by atoms with Crippen molar-refractivity contribution < 1.29 is 8.76 Å². The van der Waals surface area contributed by atoms with Crippen molar-refractivity contribution in [3.05, 3.63) is 29.8 Å². The highest BCUT2D eigenvalue weighted by atomic mass is 32.2. The molecule has 0 heterocycles. The van der Waals surface area contributed by atoms with E-state index in [-0.39, 0.29) is 0 Å². The first-order valence-electron chi connectivity index (χ1n) is 7.82. The Morgan fingerprint density at radius 1 is 1.33 bits per heavy atom. The van der Waals surface area contributed by atoms with Gasteiger partial charge in [0.15, 0.2) is 0 Å². The van der Waals surface area contributed by atoms with Crippen LogP contribution in [0.3, 0.4) is 0 Å². The molecule has 0 bridgehead atoms. The zero-order valence-corrected chi connectivity index (χ0v) is 13.5. The maximum absolute atomic E-state index is 10.7. The highest BCUT2D eigenvalue weighted by Gasteiger charge is 2.19. The van der Waals surface area contributed by atoms with Gasteiger partial charge in [-0.25, -0.2) is 4.21 Å². The molecule has 2 unspecified atom stereocenters. The summed E-state index contributed by atoms with van der Waals surface area (Å²) in [5.41, 5.74) is 1.80. The summed E-state index contributed by atoms with van der Waals surface area (Å²) >= 11 is -2.01. The number of hydrogen-bond acceptors (Lipinski definition) is 2. The summed E-state index contributed by atoms with van der Waals surface area (Å²) in [6.07, 6.45) is 6.94. The lowest BCUT2D eigenvalue weighted by Crippen LogP contribution is -2.27. The number of hydrogen-bond donors (Lipinski definition) is 3. The molecule has 1 aromatic rings. The molecule has 0 saturated heterocycles. The van der Waals surface area contributed by atoms with Crippen LogP contribution in [-0.2, 0) is 17.8 Å². The zero-order valence-electron chi connectivity index (χ0n) is 12.7. The topological polar surface area (TPSA) is 61.4 Å². The molecule has 1 aliphatic rings. The molecule has 1 aromatic carbocycles. The van der Waals surface area contributed by atoms with Gasteiger partial charge in [-0.3, -0.25) is 9.27 Å². The van der Waals surface area contributed by atoms with Gasteiger partial charge >= 0.3 is 0 Å². The van der Waals surface area contributed by atoms with E-state index in [0.29, 0.717) is 5.69 Å². The quantitative estimate of drug-likeness (QED) is 0.675. The summed E-state index contributed by atoms with van der Waals surface area (Å²) in [5, 5.41) is 3.51. The Hall–Kier alpha value is -0.910. The number of nitrogens with one attached hydrogen (secondary N) is 2. The molecule has 5 heteroatoms. The summed E-state index contributed by atoms with van der Waals surface area (Å²) < 4.78 is 22.1. The SMILES string of the molecule is CC(CNCc1cccc(NS(=O)O)c1)C1CCCCC1. The number of benzene rings is 1. The Morgan fingerprint density at radius 2 is 2.10 bits per heavy atom. The molecule has 0 amide bonds. The first-order chi connectivity index (χ1) is 10.1. The van der Waals surface area contributed by atoms with Crippen LogP contribution in [-0.4, -0.2) is 15.3 Å². The Kier molecular flexibility index (Phi) is 6.67. The van der Waals surface area contributed by atoms with E-state index >= 15 is 0 Å². The number of anilines is 1. The van der Waals surface area contributed by atoms with E-state index in [9.17, 15) is 4.21 Å². The molecule has 0 spiro atoms. The second kappa shape index (κ2) is 8.51. The molecule has 0 radical (unpaired) electrons. The van der Waals surface area contributed by atoms with Gasteiger partial charge in [0.2, 0.25) is 0 Å². The molecule has 1 aliphatic carbocycles. The maximum Gasteiger partial charge on any atom is 0.259 e. The molecule has 118 valence electrons. The molecular weight excluding hydrogens is 284 g/mol. The second-order valence-corrected chi connectivity index (χ2v) is 6.76. The van der Waals surface area contributed by atoms with E-state index in [1.807, 2.05) is 18.2 Å². The summed E-state index contributed by atoms with van der Waals surface area (Å²) in [6, 6.07) is 7.63. The van der Waals surface area contributed by atoms with Gasteiger partial charge in [-0.2, -0.15) is 0 Å². The third kappa shape index (κ3) is 5.77. The lowest BCUT2D eigenvalue weighted by molar-refractivity contribution is 0.256. The zero-order chi connectivity index (χ0) is 15.1. The van der Waals surface area contributed by atoms with Gasteiger partial charge in [-0.15, -0.1) is 0 Å². The first-order valence-corrected chi connectivity index (χ1v) is 8.93. The number of rotatable bonds is 7. The first kappa shape index (κ1) is 16.5. The van der Waals surface area contributed by atoms with Crippen LogP contribution in [0.25, 0.3) is 0 Å². The highest BCUT2D eigenvalue weighted by molar-refractivity contribution is 7.80. The van der Waals surface area contributed by atoms with Gasteiger partial charge in [-0.05, 0) is 36.1 Å². The van der Waals surface area contributed by atoms with Crippen molar-refractivity contribution >= 4 is 17.0 Å². The molecular formula is C16H26N2O2S. The van der Waals surface area contributed by atoms with Gasteiger partial charge in [-0.1, -0.05) is 51.2 Å². The van der Waals surface area contributed by atoms with Crippen LogP contribution in [0, 0.1) is 11.8 Å². The lowest BCUT2D eigenvalue weighted by atomic mass is 9.81. The average Bonchev–Trinajstić information content (AvgIpc) is 2.48. The van der Waals surface area contributed by atoms with Crippen molar-refractivity contribution in [1.29, 1.82) is 0 Å². The monoisotopic (exact) mass is 310 g/mol. The minimum Gasteiger partial charge on any atom is -0.312 e. The third-order valence-corrected chi connectivity index (χ3v) is 4.79. The van der Waals surface area contributed by atoms with E-state index in [2.05, 4.69) is 17.0 Å². The molecule has 0 aliphatic heterocycles. The van der Waals surface area contributed by atoms with E-state index in [0.717, 1.165) is 30.5 Å². The van der Waals surface area contributed by atoms with E-state index in [1.54, 1.807) is 6.07 Å². The summed E-state index contributed by atoms with van der Waals surface area (Å²) in [4.78, 5) is 0. The Morgan fingerprint density at radius 3 is 2.81 bits per heavy atom. The van der Waals surface area contributed by atoms with Crippen LogP contribution in [0.1, 0.15) is 44.6 Å². The predicted molar refractivity (Wildman–Crippen MR) is 88.3 cm³/mol. The van der Waals surface area contributed by atoms with Crippen LogP contribution in [0.5, 0.6) is 0 Å². The Labute approximate surface area is 130 Å². The Balaban J connectivity index is 1.76. The van der Waals surface area contributed by atoms with Crippen molar-refractivity contribution in [1.82, 2.24) is 5.32 Å². The van der Waals surface area contributed by atoms with E-state index < -0.39 is 11.3 Å². The van der Waals surface area contributed by atoms with Gasteiger partial charge in [0.25, 0.3) is 11.3 Å². The van der Waals surface area contributed by atoms with E-state index in [4.69, 9.17) is 4.55 Å². The summed E-state index contributed by atoms with van der Waals surface area (Å²) in [5.74, 6) is 1.59. The van der Waals surface area contributed by atoms with Gasteiger partial charge in [0.1, 0.15) is 0 Å². The maximum atomic E-state index is 10.7. The highest BCUT2D eigenvalue weighted by Crippen LogP contribution is 2.29. The molecule has 1 saturated carbocycles. The average molecular weight is 310 g/mol. The van der Waals surface area contributed by atoms with Crippen molar-refractivity contribution in [2.75, 3.05) is 11.3 Å². The Bertz CT molecular complexity index is 461. The molecule has 2 atom stereocenters. The van der Waals surface area contributed by atoms with Gasteiger partial charge < -0.3 is 5.32 Å². The summed E-state index contributed by atoms with van der Waals surface area (Å²) in [7, 11) is 0. The fourth-order valence-electron chi connectivity index (χ4n) is 3.16. The molecule has 1 fully saturated rings. The molecule has 2 rings (SSSR count). The molecule has 4 nitrogen and oxygen atoms in total. The lowest BCUT2D eigenvalue weighted by Gasteiger charge is -2.27. The van der Waals surface area contributed by atoms with Crippen LogP contribution >= 0.6 is 0 Å². The van der Waals surface area contributed by atoms with Gasteiger partial charge in [0, 0.05) is 12.2 Å². The standard InChI is InChI=1S/C16H26N2O2S/c1-13(15-7-3-2-4-8-15)11-17-12-14-6-5-9-16(10-14)18-21(19)20/h5-6,9-10,13,15,17-18H,2-4,7-8,11-12H2,1H3,(H,19,20). The molecule has 21 heavy (non-hydrogen) atoms. The minimum atomic E-state index is -2.01. The van der Waals surface area contributed by atoms with Crippen molar-refractivity contribution in [3.8, 4) is 0 Å². The van der Waals surface area contributed by atoms with Crippen LogP contribution in [0.4, 0.5) is 5.69 Å². The minimum absolute atomic E-state index is 0.676. The van der Waals surface area contributed by atoms with Crippen LogP contribution < -0.4 is 10.0 Å². The van der Waals surface area contributed by atoms with Crippen molar-refractivity contribution in [3.63, 3.8) is 0 Å². The fraction of sp³-hybridized carbons (Fsp3) is 0.625. The fourth-order valence-corrected chi connectivity index (χ4v) is 3.49. The summed E-state index contributed by atoms with van der Waals surface area (Å²) in [6.45, 7) is 4.18. The van der Waals surface area contributed by atoms with Crippen LogP contribution in [0.2, 0.25) is 0 Å². The second-order valence-electron chi connectivity index (χ2n) is 6.06. The normalized spacial score (nSPS) is 19.1. The predicted octanol–water partition coefficient (Wildman–Crippen LogP) is 3.54. The third-order valence-electron chi connectivity index (χ3n) is 4.38. The van der Waals surface area contributed by atoms with Gasteiger partial charge in [0.05, 0.1) is 0 Å². The largest absolute Gasteiger partial charge is 0.312 e. The smallest absolute Gasteiger partial charge is 0.259 e. The van der Waals surface area contributed by atoms with Crippen molar-refractivity contribution in [2.24, 2.45) is 11.8 Å². The van der Waals surface area contributed by atoms with Crippen LogP contribution in [0.15, 0.2) is 24.3 Å². The molecule has 3 N–H and O–H groups in total.